The maximum atomic E-state index is 12.3. The second kappa shape index (κ2) is 10.3. The molecule has 1 aromatic carbocycles. The molecular formula is C19H30N4O3. The molecule has 0 radical (unpaired) electrons. The number of nitrogens with one attached hydrogen (secondary N) is 2. The molecule has 1 saturated heterocycles. The second-order valence-electron chi connectivity index (χ2n) is 6.69. The van der Waals surface area contributed by atoms with E-state index in [2.05, 4.69) is 20.4 Å². The number of nitrogens with zero attached hydrogens (tertiary/aromatic N) is 2. The average Bonchev–Trinajstić information content (AvgIpc) is 2.61. The Balaban J connectivity index is 1.70. The number of carbonyl (C=O) groups is 2. The molecular weight excluding hydrogens is 332 g/mol. The first-order valence-electron chi connectivity index (χ1n) is 9.06. The van der Waals surface area contributed by atoms with Crippen LogP contribution in [0.15, 0.2) is 18.2 Å². The summed E-state index contributed by atoms with van der Waals surface area (Å²) in [6, 6.07) is 5.92. The number of carbonyl (C=O) groups excluding carboxylic acids is 2. The highest BCUT2D eigenvalue weighted by molar-refractivity contribution is 5.93. The van der Waals surface area contributed by atoms with Crippen molar-refractivity contribution in [3.8, 4) is 0 Å². The van der Waals surface area contributed by atoms with Crippen LogP contribution < -0.4 is 10.6 Å². The summed E-state index contributed by atoms with van der Waals surface area (Å²) < 4.78 is 4.92. The molecule has 1 heterocycles. The van der Waals surface area contributed by atoms with Crippen LogP contribution in [0.3, 0.4) is 0 Å². The van der Waals surface area contributed by atoms with E-state index in [1.54, 1.807) is 7.11 Å². The first kappa shape index (κ1) is 20.4. The molecule has 7 heteroatoms. The van der Waals surface area contributed by atoms with Gasteiger partial charge < -0.3 is 15.4 Å². The van der Waals surface area contributed by atoms with Gasteiger partial charge in [0.15, 0.2) is 0 Å². The summed E-state index contributed by atoms with van der Waals surface area (Å²) >= 11 is 0. The molecule has 1 fully saturated rings. The predicted molar refractivity (Wildman–Crippen MR) is 102 cm³/mol. The molecule has 2 amide bonds. The molecule has 7 nitrogen and oxygen atoms in total. The van der Waals surface area contributed by atoms with Crippen molar-refractivity contribution in [2.45, 2.75) is 13.8 Å². The lowest BCUT2D eigenvalue weighted by molar-refractivity contribution is -0.123. The van der Waals surface area contributed by atoms with Crippen molar-refractivity contribution in [1.29, 1.82) is 0 Å². The van der Waals surface area contributed by atoms with Gasteiger partial charge in [-0.25, -0.2) is 0 Å². The minimum absolute atomic E-state index is 0.00413. The molecule has 1 aliphatic rings. The Morgan fingerprint density at radius 2 is 1.65 bits per heavy atom. The SMILES string of the molecule is COCCNC(=O)CN1CCN(CC(=O)Nc2cccc(C)c2C)CC1. The minimum atomic E-state index is 0.00413. The number of aryl methyl sites for hydroxylation is 1. The normalized spacial score (nSPS) is 15.7. The minimum Gasteiger partial charge on any atom is -0.383 e. The highest BCUT2D eigenvalue weighted by Gasteiger charge is 2.20. The number of hydrogen-bond donors (Lipinski definition) is 2. The van der Waals surface area contributed by atoms with E-state index in [0.717, 1.165) is 37.4 Å². The largest absolute Gasteiger partial charge is 0.383 e. The van der Waals surface area contributed by atoms with Crippen molar-refractivity contribution < 1.29 is 14.3 Å². The molecule has 0 spiro atoms. The van der Waals surface area contributed by atoms with Gasteiger partial charge in [-0.3, -0.25) is 19.4 Å². The topological polar surface area (TPSA) is 73.9 Å². The zero-order chi connectivity index (χ0) is 18.9. The molecule has 0 bridgehead atoms. The van der Waals surface area contributed by atoms with E-state index in [9.17, 15) is 9.59 Å². The summed E-state index contributed by atoms with van der Waals surface area (Å²) in [5.74, 6) is 0.0209. The number of methoxy groups -OCH3 is 1. The quantitative estimate of drug-likeness (QED) is 0.664. The number of anilines is 1. The van der Waals surface area contributed by atoms with Crippen LogP contribution in [0, 0.1) is 13.8 Å². The number of amides is 2. The van der Waals surface area contributed by atoms with Crippen LogP contribution in [0.2, 0.25) is 0 Å². The molecule has 0 aliphatic carbocycles. The Labute approximate surface area is 155 Å². The second-order valence-corrected chi connectivity index (χ2v) is 6.69. The molecule has 26 heavy (non-hydrogen) atoms. The fraction of sp³-hybridized carbons (Fsp3) is 0.579. The smallest absolute Gasteiger partial charge is 0.238 e. The van der Waals surface area contributed by atoms with Gasteiger partial charge in [-0.05, 0) is 31.0 Å². The standard InChI is InChI=1S/C19H30N4O3/c1-15-5-4-6-17(16(15)2)21-19(25)14-23-10-8-22(9-11-23)13-18(24)20-7-12-26-3/h4-6H,7-14H2,1-3H3,(H,20,24)(H,21,25). The molecule has 144 valence electrons. The van der Waals surface area contributed by atoms with E-state index < -0.39 is 0 Å². The van der Waals surface area contributed by atoms with Crippen LogP contribution >= 0.6 is 0 Å². The van der Waals surface area contributed by atoms with Crippen LogP contribution in [-0.4, -0.2) is 81.1 Å². The van der Waals surface area contributed by atoms with Gasteiger partial charge in [0.25, 0.3) is 0 Å². The van der Waals surface area contributed by atoms with Crippen molar-refractivity contribution in [2.75, 3.05) is 64.8 Å². The van der Waals surface area contributed by atoms with Gasteiger partial charge in [-0.15, -0.1) is 0 Å². The number of piperazine rings is 1. The van der Waals surface area contributed by atoms with E-state index in [1.807, 2.05) is 32.0 Å². The van der Waals surface area contributed by atoms with Crippen molar-refractivity contribution in [3.05, 3.63) is 29.3 Å². The van der Waals surface area contributed by atoms with E-state index in [4.69, 9.17) is 4.74 Å². The summed E-state index contributed by atoms with van der Waals surface area (Å²) in [6.07, 6.45) is 0. The molecule has 2 N–H and O–H groups in total. The maximum absolute atomic E-state index is 12.3. The van der Waals surface area contributed by atoms with Gasteiger partial charge >= 0.3 is 0 Å². The van der Waals surface area contributed by atoms with E-state index in [-0.39, 0.29) is 11.8 Å². The van der Waals surface area contributed by atoms with Gasteiger partial charge in [-0.2, -0.15) is 0 Å². The summed E-state index contributed by atoms with van der Waals surface area (Å²) in [5.41, 5.74) is 3.15. The molecule has 1 aliphatic heterocycles. The lowest BCUT2D eigenvalue weighted by atomic mass is 10.1. The van der Waals surface area contributed by atoms with Gasteiger partial charge in [0.05, 0.1) is 19.7 Å². The zero-order valence-corrected chi connectivity index (χ0v) is 16.0. The highest BCUT2D eigenvalue weighted by atomic mass is 16.5. The van der Waals surface area contributed by atoms with Crippen molar-refractivity contribution in [2.24, 2.45) is 0 Å². The van der Waals surface area contributed by atoms with Gasteiger partial charge in [0.2, 0.25) is 11.8 Å². The third-order valence-corrected chi connectivity index (χ3v) is 4.71. The first-order valence-corrected chi connectivity index (χ1v) is 9.06. The van der Waals surface area contributed by atoms with Crippen LogP contribution in [0.4, 0.5) is 5.69 Å². The summed E-state index contributed by atoms with van der Waals surface area (Å²) in [5, 5.41) is 5.83. The van der Waals surface area contributed by atoms with Crippen LogP contribution in [-0.2, 0) is 14.3 Å². The maximum Gasteiger partial charge on any atom is 0.238 e. The average molecular weight is 362 g/mol. The summed E-state index contributed by atoms with van der Waals surface area (Å²) in [6.45, 7) is 9.02. The number of hydrogen-bond acceptors (Lipinski definition) is 5. The fourth-order valence-electron chi connectivity index (χ4n) is 2.94. The van der Waals surface area contributed by atoms with E-state index >= 15 is 0 Å². The van der Waals surface area contributed by atoms with E-state index in [0.29, 0.717) is 26.2 Å². The Kier molecular flexibility index (Phi) is 8.03. The Bertz CT molecular complexity index is 613. The molecule has 0 aromatic heterocycles. The molecule has 0 atom stereocenters. The Morgan fingerprint density at radius 1 is 1.04 bits per heavy atom. The van der Waals surface area contributed by atoms with Gasteiger partial charge in [0, 0.05) is 45.5 Å². The Morgan fingerprint density at radius 3 is 2.27 bits per heavy atom. The lowest BCUT2D eigenvalue weighted by Crippen LogP contribution is -2.51. The van der Waals surface area contributed by atoms with E-state index in [1.165, 1.54) is 5.56 Å². The Hall–Kier alpha value is -1.96. The van der Waals surface area contributed by atoms with Gasteiger partial charge in [0.1, 0.15) is 0 Å². The third kappa shape index (κ3) is 6.40. The fourth-order valence-corrected chi connectivity index (χ4v) is 2.94. The van der Waals surface area contributed by atoms with Crippen LogP contribution in [0.25, 0.3) is 0 Å². The predicted octanol–water partition coefficient (Wildman–Crippen LogP) is 0.622. The molecule has 0 saturated carbocycles. The van der Waals surface area contributed by atoms with Crippen LogP contribution in [0.5, 0.6) is 0 Å². The lowest BCUT2D eigenvalue weighted by Gasteiger charge is -2.33. The molecule has 1 aromatic rings. The van der Waals surface area contributed by atoms with Crippen molar-refractivity contribution >= 4 is 17.5 Å². The van der Waals surface area contributed by atoms with Crippen molar-refractivity contribution in [3.63, 3.8) is 0 Å². The zero-order valence-electron chi connectivity index (χ0n) is 16.0. The first-order chi connectivity index (χ1) is 12.5. The number of rotatable bonds is 8. The van der Waals surface area contributed by atoms with Gasteiger partial charge in [-0.1, -0.05) is 12.1 Å². The number of benzene rings is 1. The summed E-state index contributed by atoms with van der Waals surface area (Å²) in [4.78, 5) is 28.4. The monoisotopic (exact) mass is 362 g/mol. The van der Waals surface area contributed by atoms with Crippen molar-refractivity contribution in [1.82, 2.24) is 15.1 Å². The van der Waals surface area contributed by atoms with Crippen LogP contribution in [0.1, 0.15) is 11.1 Å². The molecule has 2 rings (SSSR count). The highest BCUT2D eigenvalue weighted by Crippen LogP contribution is 2.17. The molecule has 0 unspecified atom stereocenters. The third-order valence-electron chi connectivity index (χ3n) is 4.71. The number of ether oxygens (including phenoxy) is 1. The summed E-state index contributed by atoms with van der Waals surface area (Å²) in [7, 11) is 1.61.